The molecule has 3 nitrogen and oxygen atoms in total. The van der Waals surface area contributed by atoms with E-state index in [0.29, 0.717) is 6.54 Å². The molecule has 0 atom stereocenters. The van der Waals surface area contributed by atoms with E-state index in [2.05, 4.69) is 35.3 Å². The first-order valence-electron chi connectivity index (χ1n) is 6.91. The fourth-order valence-electron chi connectivity index (χ4n) is 2.23. The van der Waals surface area contributed by atoms with Crippen molar-refractivity contribution >= 4 is 11.6 Å². The summed E-state index contributed by atoms with van der Waals surface area (Å²) >= 11 is 6.21. The highest BCUT2D eigenvalue weighted by molar-refractivity contribution is 6.31. The van der Waals surface area contributed by atoms with Crippen LogP contribution >= 0.6 is 11.6 Å². The van der Waals surface area contributed by atoms with Crippen molar-refractivity contribution in [2.75, 3.05) is 7.11 Å². The van der Waals surface area contributed by atoms with E-state index in [4.69, 9.17) is 16.3 Å². The van der Waals surface area contributed by atoms with Crippen LogP contribution in [-0.4, -0.2) is 11.7 Å². The number of hydrogen-bond acceptors (Lipinski definition) is 2. The molecule has 1 aromatic heterocycles. The number of aryl methyl sites for hydroxylation is 1. The van der Waals surface area contributed by atoms with Crippen LogP contribution < -0.4 is 10.1 Å². The second-order valence-corrected chi connectivity index (χ2v) is 5.19. The molecule has 0 saturated carbocycles. The summed E-state index contributed by atoms with van der Waals surface area (Å²) in [6.07, 6.45) is 5.45. The first-order valence-corrected chi connectivity index (χ1v) is 7.29. The van der Waals surface area contributed by atoms with Gasteiger partial charge < -0.3 is 14.6 Å². The Hall–Kier alpha value is -1.45. The Morgan fingerprint density at radius 3 is 2.85 bits per heavy atom. The number of nitrogens with one attached hydrogen (secondary N) is 1. The van der Waals surface area contributed by atoms with Crippen LogP contribution in [0.1, 0.15) is 24.5 Å². The van der Waals surface area contributed by atoms with Crippen LogP contribution in [0, 0.1) is 0 Å². The lowest BCUT2D eigenvalue weighted by atomic mass is 10.2. The standard InChI is InChI=1S/C16H21ClN2O/c1-3-8-19-9-7-13(12-19)10-18-11-14-15(17)5-4-6-16(14)20-2/h4-7,9,12,18H,3,8,10-11H2,1-2H3. The largest absolute Gasteiger partial charge is 0.496 e. The normalized spacial score (nSPS) is 10.8. The first kappa shape index (κ1) is 14.9. The van der Waals surface area contributed by atoms with E-state index in [1.165, 1.54) is 5.56 Å². The van der Waals surface area contributed by atoms with Crippen molar-refractivity contribution in [3.8, 4) is 5.75 Å². The van der Waals surface area contributed by atoms with Crippen molar-refractivity contribution in [3.05, 3.63) is 52.8 Å². The maximum atomic E-state index is 6.21. The van der Waals surface area contributed by atoms with Gasteiger partial charge in [-0.3, -0.25) is 0 Å². The summed E-state index contributed by atoms with van der Waals surface area (Å²) in [7, 11) is 1.67. The fourth-order valence-corrected chi connectivity index (χ4v) is 2.46. The van der Waals surface area contributed by atoms with Gasteiger partial charge in [0, 0.05) is 42.6 Å². The van der Waals surface area contributed by atoms with Gasteiger partial charge in [-0.1, -0.05) is 24.6 Å². The van der Waals surface area contributed by atoms with Crippen molar-refractivity contribution in [2.24, 2.45) is 0 Å². The highest BCUT2D eigenvalue weighted by Crippen LogP contribution is 2.25. The van der Waals surface area contributed by atoms with Gasteiger partial charge in [0.15, 0.2) is 0 Å². The van der Waals surface area contributed by atoms with E-state index >= 15 is 0 Å². The molecule has 0 unspecified atom stereocenters. The maximum Gasteiger partial charge on any atom is 0.124 e. The first-order chi connectivity index (χ1) is 9.74. The molecular weight excluding hydrogens is 272 g/mol. The molecule has 0 amide bonds. The average molecular weight is 293 g/mol. The van der Waals surface area contributed by atoms with Crippen molar-refractivity contribution < 1.29 is 4.74 Å². The number of methoxy groups -OCH3 is 1. The molecule has 0 aliphatic rings. The summed E-state index contributed by atoms with van der Waals surface area (Å²) in [5, 5.41) is 4.15. The third-order valence-corrected chi connectivity index (χ3v) is 3.57. The van der Waals surface area contributed by atoms with Gasteiger partial charge >= 0.3 is 0 Å². The SMILES string of the molecule is CCCn1ccc(CNCc2c(Cl)cccc2OC)c1. The van der Waals surface area contributed by atoms with Crippen molar-refractivity contribution in [3.63, 3.8) is 0 Å². The minimum Gasteiger partial charge on any atom is -0.496 e. The van der Waals surface area contributed by atoms with Crippen molar-refractivity contribution in [1.29, 1.82) is 0 Å². The molecule has 0 aliphatic carbocycles. The minimum absolute atomic E-state index is 0.696. The third kappa shape index (κ3) is 3.78. The van der Waals surface area contributed by atoms with Gasteiger partial charge in [-0.05, 0) is 30.2 Å². The average Bonchev–Trinajstić information content (AvgIpc) is 2.88. The Bertz CT molecular complexity index is 551. The second-order valence-electron chi connectivity index (χ2n) is 4.78. The van der Waals surface area contributed by atoms with Crippen molar-refractivity contribution in [2.45, 2.75) is 33.0 Å². The van der Waals surface area contributed by atoms with Crippen LogP contribution in [0.3, 0.4) is 0 Å². The number of hydrogen-bond donors (Lipinski definition) is 1. The number of aromatic nitrogens is 1. The Morgan fingerprint density at radius 2 is 2.10 bits per heavy atom. The molecule has 2 aromatic rings. The lowest BCUT2D eigenvalue weighted by Gasteiger charge is -2.11. The zero-order valence-electron chi connectivity index (χ0n) is 12.0. The van der Waals surface area contributed by atoms with Crippen LogP contribution in [0.4, 0.5) is 0 Å². The summed E-state index contributed by atoms with van der Waals surface area (Å²) in [5.41, 5.74) is 2.29. The summed E-state index contributed by atoms with van der Waals surface area (Å²) in [4.78, 5) is 0. The van der Waals surface area contributed by atoms with E-state index in [0.717, 1.165) is 35.8 Å². The molecule has 1 N–H and O–H groups in total. The minimum atomic E-state index is 0.696. The van der Waals surface area contributed by atoms with E-state index in [9.17, 15) is 0 Å². The second kappa shape index (κ2) is 7.36. The number of halogens is 1. The molecular formula is C16H21ClN2O. The van der Waals surface area contributed by atoms with E-state index in [1.807, 2.05) is 18.2 Å². The lowest BCUT2D eigenvalue weighted by molar-refractivity contribution is 0.407. The number of ether oxygens (including phenoxy) is 1. The summed E-state index contributed by atoms with van der Waals surface area (Å²) in [5.74, 6) is 0.827. The van der Waals surface area contributed by atoms with Gasteiger partial charge in [-0.15, -0.1) is 0 Å². The molecule has 108 valence electrons. The smallest absolute Gasteiger partial charge is 0.124 e. The lowest BCUT2D eigenvalue weighted by Crippen LogP contribution is -2.13. The zero-order chi connectivity index (χ0) is 14.4. The van der Waals surface area contributed by atoms with Crippen LogP contribution in [-0.2, 0) is 19.6 Å². The molecule has 0 fully saturated rings. The molecule has 0 radical (unpaired) electrons. The van der Waals surface area contributed by atoms with Crippen LogP contribution in [0.25, 0.3) is 0 Å². The molecule has 2 rings (SSSR count). The topological polar surface area (TPSA) is 26.2 Å². The van der Waals surface area contributed by atoms with E-state index in [1.54, 1.807) is 7.11 Å². The molecule has 0 spiro atoms. The molecule has 0 bridgehead atoms. The molecule has 0 saturated heterocycles. The molecule has 4 heteroatoms. The van der Waals surface area contributed by atoms with Gasteiger partial charge in [-0.25, -0.2) is 0 Å². The van der Waals surface area contributed by atoms with Crippen molar-refractivity contribution in [1.82, 2.24) is 9.88 Å². The number of nitrogens with zero attached hydrogens (tertiary/aromatic N) is 1. The molecule has 1 heterocycles. The van der Waals surface area contributed by atoms with Gasteiger partial charge in [-0.2, -0.15) is 0 Å². The highest BCUT2D eigenvalue weighted by atomic mass is 35.5. The highest BCUT2D eigenvalue weighted by Gasteiger charge is 2.07. The fraction of sp³-hybridized carbons (Fsp3) is 0.375. The van der Waals surface area contributed by atoms with Crippen LogP contribution in [0.2, 0.25) is 5.02 Å². The predicted octanol–water partition coefficient (Wildman–Crippen LogP) is 3.85. The summed E-state index contributed by atoms with van der Waals surface area (Å²) in [6, 6.07) is 7.86. The van der Waals surface area contributed by atoms with Gasteiger partial charge in [0.25, 0.3) is 0 Å². The van der Waals surface area contributed by atoms with E-state index < -0.39 is 0 Å². The quantitative estimate of drug-likeness (QED) is 0.839. The predicted molar refractivity (Wildman–Crippen MR) is 83.3 cm³/mol. The summed E-state index contributed by atoms with van der Waals surface area (Å²) < 4.78 is 7.55. The van der Waals surface area contributed by atoms with Gasteiger partial charge in [0.05, 0.1) is 7.11 Å². The van der Waals surface area contributed by atoms with Gasteiger partial charge in [0.2, 0.25) is 0 Å². The van der Waals surface area contributed by atoms with Crippen LogP contribution in [0.15, 0.2) is 36.7 Å². The Morgan fingerprint density at radius 1 is 1.25 bits per heavy atom. The zero-order valence-corrected chi connectivity index (χ0v) is 12.8. The van der Waals surface area contributed by atoms with Gasteiger partial charge in [0.1, 0.15) is 5.75 Å². The van der Waals surface area contributed by atoms with Crippen LogP contribution in [0.5, 0.6) is 5.75 Å². The Kier molecular flexibility index (Phi) is 5.50. The number of rotatable bonds is 7. The molecule has 0 aliphatic heterocycles. The Balaban J connectivity index is 1.92. The summed E-state index contributed by atoms with van der Waals surface area (Å²) in [6.45, 7) is 4.77. The monoisotopic (exact) mass is 292 g/mol. The molecule has 1 aromatic carbocycles. The molecule has 20 heavy (non-hydrogen) atoms. The Labute approximate surface area is 125 Å². The third-order valence-electron chi connectivity index (χ3n) is 3.22. The maximum absolute atomic E-state index is 6.21. The van der Waals surface area contributed by atoms with E-state index in [-0.39, 0.29) is 0 Å². The number of benzene rings is 1.